The molecule has 0 aliphatic carbocycles. The van der Waals surface area contributed by atoms with Crippen LogP contribution in [0.3, 0.4) is 0 Å². The Kier molecular flexibility index (Phi) is 7.21. The van der Waals surface area contributed by atoms with Crippen LogP contribution in [0, 0.1) is 5.41 Å². The highest BCUT2D eigenvalue weighted by atomic mass is 32.2. The van der Waals surface area contributed by atoms with Crippen LogP contribution in [0.25, 0.3) is 0 Å². The van der Waals surface area contributed by atoms with Crippen molar-refractivity contribution in [2.24, 2.45) is 5.41 Å². The predicted octanol–water partition coefficient (Wildman–Crippen LogP) is 1.75. The molecule has 0 aliphatic heterocycles. The molecule has 0 aromatic rings. The fraction of sp³-hybridized carbons (Fsp3) is 0.818. The molecule has 0 atom stereocenters. The molecule has 0 unspecified atom stereocenters. The fourth-order valence-electron chi connectivity index (χ4n) is 1.29. The fourth-order valence-corrected chi connectivity index (χ4v) is 1.66. The summed E-state index contributed by atoms with van der Waals surface area (Å²) in [5, 5.41) is 11.4. The summed E-state index contributed by atoms with van der Waals surface area (Å²) in [5.74, 6) is -0.240. The molecule has 0 heterocycles. The minimum atomic E-state index is -0.764. The zero-order chi connectivity index (χ0) is 12.6. The second-order valence-corrected chi connectivity index (χ2v) is 5.46. The normalized spacial score (nSPS) is 11.2. The summed E-state index contributed by atoms with van der Waals surface area (Å²) >= 11 is 1.49. The highest BCUT2D eigenvalue weighted by Gasteiger charge is 2.18. The zero-order valence-corrected chi connectivity index (χ0v) is 11.0. The summed E-state index contributed by atoms with van der Waals surface area (Å²) in [6, 6.07) is 0. The molecule has 1 amide bonds. The van der Waals surface area contributed by atoms with Crippen molar-refractivity contribution in [3.05, 3.63) is 0 Å². The molecule has 0 spiro atoms. The maximum Gasteiger partial charge on any atom is 0.303 e. The topological polar surface area (TPSA) is 66.4 Å². The molecule has 0 fully saturated rings. The van der Waals surface area contributed by atoms with Gasteiger partial charge in [-0.25, -0.2) is 0 Å². The second-order valence-electron chi connectivity index (χ2n) is 4.59. The number of carboxylic acid groups (broad SMARTS) is 1. The van der Waals surface area contributed by atoms with Gasteiger partial charge in [-0.1, -0.05) is 13.8 Å². The largest absolute Gasteiger partial charge is 0.481 e. The monoisotopic (exact) mass is 247 g/mol. The van der Waals surface area contributed by atoms with Gasteiger partial charge in [-0.3, -0.25) is 9.59 Å². The molecule has 0 bridgehead atoms. The summed E-state index contributed by atoms with van der Waals surface area (Å²) in [5.41, 5.74) is -0.0367. The molecule has 94 valence electrons. The average Bonchev–Trinajstić information content (AvgIpc) is 2.15. The van der Waals surface area contributed by atoms with Crippen LogP contribution in [-0.4, -0.2) is 35.5 Å². The van der Waals surface area contributed by atoms with Gasteiger partial charge in [-0.2, -0.15) is 11.8 Å². The van der Waals surface area contributed by atoms with Crippen LogP contribution in [-0.2, 0) is 9.59 Å². The zero-order valence-electron chi connectivity index (χ0n) is 10.2. The molecule has 0 aromatic heterocycles. The number of carbonyl (C=O) groups excluding carboxylic acids is 1. The van der Waals surface area contributed by atoms with E-state index < -0.39 is 5.97 Å². The van der Waals surface area contributed by atoms with E-state index in [1.54, 1.807) is 0 Å². The Morgan fingerprint density at radius 1 is 1.31 bits per heavy atom. The predicted molar refractivity (Wildman–Crippen MR) is 66.7 cm³/mol. The van der Waals surface area contributed by atoms with Gasteiger partial charge in [0.2, 0.25) is 5.91 Å². The van der Waals surface area contributed by atoms with Crippen LogP contribution < -0.4 is 5.32 Å². The first kappa shape index (κ1) is 15.3. The minimum Gasteiger partial charge on any atom is -0.481 e. The summed E-state index contributed by atoms with van der Waals surface area (Å²) in [6.45, 7) is 4.67. The summed E-state index contributed by atoms with van der Waals surface area (Å²) in [7, 11) is 0. The van der Waals surface area contributed by atoms with Crippen LogP contribution in [0.2, 0.25) is 0 Å². The van der Waals surface area contributed by atoms with Gasteiger partial charge in [0, 0.05) is 13.0 Å². The van der Waals surface area contributed by atoms with E-state index in [1.807, 2.05) is 20.1 Å². The lowest BCUT2D eigenvalue weighted by atomic mass is 9.84. The van der Waals surface area contributed by atoms with Crippen molar-refractivity contribution < 1.29 is 14.7 Å². The molecule has 0 saturated carbocycles. The van der Waals surface area contributed by atoms with Crippen molar-refractivity contribution in [1.29, 1.82) is 0 Å². The molecule has 0 aromatic carbocycles. The van der Waals surface area contributed by atoms with Crippen molar-refractivity contribution >= 4 is 23.6 Å². The molecule has 2 N–H and O–H groups in total. The van der Waals surface area contributed by atoms with Gasteiger partial charge in [-0.15, -0.1) is 0 Å². The van der Waals surface area contributed by atoms with E-state index in [9.17, 15) is 9.59 Å². The lowest BCUT2D eigenvalue weighted by Gasteiger charge is -2.23. The number of hydrogen-bond acceptors (Lipinski definition) is 3. The summed E-state index contributed by atoms with van der Waals surface area (Å²) < 4.78 is 0. The molecule has 5 heteroatoms. The van der Waals surface area contributed by atoms with Gasteiger partial charge < -0.3 is 10.4 Å². The van der Waals surface area contributed by atoms with E-state index in [-0.39, 0.29) is 17.7 Å². The molecular formula is C11H21NO3S. The Hall–Kier alpha value is -0.710. The van der Waals surface area contributed by atoms with Crippen molar-refractivity contribution in [3.63, 3.8) is 0 Å². The first-order valence-corrected chi connectivity index (χ1v) is 6.74. The first-order chi connectivity index (χ1) is 7.37. The third kappa shape index (κ3) is 8.59. The van der Waals surface area contributed by atoms with E-state index in [0.29, 0.717) is 18.7 Å². The summed E-state index contributed by atoms with van der Waals surface area (Å²) in [6.07, 6.45) is 3.52. The van der Waals surface area contributed by atoms with E-state index in [4.69, 9.17) is 5.11 Å². The molecule has 0 saturated heterocycles. The van der Waals surface area contributed by atoms with Crippen LogP contribution in [0.1, 0.15) is 33.1 Å². The molecule has 0 rings (SSSR count). The number of amides is 1. The minimum absolute atomic E-state index is 0.0367. The Balaban J connectivity index is 3.72. The number of carbonyl (C=O) groups is 2. The number of hydrogen-bond donors (Lipinski definition) is 2. The van der Waals surface area contributed by atoms with Crippen LogP contribution in [0.4, 0.5) is 0 Å². The van der Waals surface area contributed by atoms with E-state index in [0.717, 1.165) is 6.42 Å². The van der Waals surface area contributed by atoms with Gasteiger partial charge >= 0.3 is 5.97 Å². The lowest BCUT2D eigenvalue weighted by molar-refractivity contribution is -0.137. The lowest BCUT2D eigenvalue weighted by Crippen LogP contribution is -2.29. The molecule has 4 nitrogen and oxygen atoms in total. The standard InChI is InChI=1S/C11H21NO3S/c1-11(2,5-4-10(14)15)6-7-12-9(13)8-16-3/h4-8H2,1-3H3,(H,12,13)(H,14,15). The molecular weight excluding hydrogens is 226 g/mol. The Morgan fingerprint density at radius 3 is 2.44 bits per heavy atom. The Labute approximate surface area is 101 Å². The van der Waals surface area contributed by atoms with Gasteiger partial charge in [0.1, 0.15) is 0 Å². The van der Waals surface area contributed by atoms with Crippen molar-refractivity contribution in [1.82, 2.24) is 5.32 Å². The van der Waals surface area contributed by atoms with Crippen LogP contribution in [0.15, 0.2) is 0 Å². The number of carboxylic acids is 1. The number of nitrogens with one attached hydrogen (secondary N) is 1. The van der Waals surface area contributed by atoms with Crippen molar-refractivity contribution in [2.45, 2.75) is 33.1 Å². The third-order valence-electron chi connectivity index (χ3n) is 2.42. The van der Waals surface area contributed by atoms with Crippen molar-refractivity contribution in [3.8, 4) is 0 Å². The molecule has 16 heavy (non-hydrogen) atoms. The number of rotatable bonds is 8. The SMILES string of the molecule is CSCC(=O)NCCC(C)(C)CCC(=O)O. The van der Waals surface area contributed by atoms with E-state index in [2.05, 4.69) is 5.32 Å². The smallest absolute Gasteiger partial charge is 0.303 e. The van der Waals surface area contributed by atoms with E-state index >= 15 is 0 Å². The first-order valence-electron chi connectivity index (χ1n) is 5.35. The van der Waals surface area contributed by atoms with Gasteiger partial charge in [-0.05, 0) is 24.5 Å². The van der Waals surface area contributed by atoms with E-state index in [1.165, 1.54) is 11.8 Å². The number of aliphatic carboxylic acids is 1. The summed E-state index contributed by atoms with van der Waals surface area (Å²) in [4.78, 5) is 21.6. The Morgan fingerprint density at radius 2 is 1.94 bits per heavy atom. The Bertz CT molecular complexity index is 241. The molecule has 0 radical (unpaired) electrons. The maximum absolute atomic E-state index is 11.2. The van der Waals surface area contributed by atoms with Crippen LogP contribution in [0.5, 0.6) is 0 Å². The quantitative estimate of drug-likeness (QED) is 0.685. The highest BCUT2D eigenvalue weighted by molar-refractivity contribution is 7.99. The third-order valence-corrected chi connectivity index (χ3v) is 2.97. The maximum atomic E-state index is 11.2. The highest BCUT2D eigenvalue weighted by Crippen LogP contribution is 2.25. The molecule has 0 aliphatic rings. The van der Waals surface area contributed by atoms with Gasteiger partial charge in [0.25, 0.3) is 0 Å². The van der Waals surface area contributed by atoms with Crippen LogP contribution >= 0.6 is 11.8 Å². The number of thioether (sulfide) groups is 1. The van der Waals surface area contributed by atoms with Gasteiger partial charge in [0.05, 0.1) is 5.75 Å². The average molecular weight is 247 g/mol. The van der Waals surface area contributed by atoms with Gasteiger partial charge in [0.15, 0.2) is 0 Å². The second kappa shape index (κ2) is 7.54. The van der Waals surface area contributed by atoms with Crippen molar-refractivity contribution in [2.75, 3.05) is 18.6 Å².